The molecule has 154 valence electrons. The first-order chi connectivity index (χ1) is 14.5. The van der Waals surface area contributed by atoms with Gasteiger partial charge in [0, 0.05) is 60.0 Å². The molecule has 3 heterocycles. The van der Waals surface area contributed by atoms with Gasteiger partial charge in [-0.2, -0.15) is 0 Å². The van der Waals surface area contributed by atoms with Crippen molar-refractivity contribution in [2.24, 2.45) is 0 Å². The number of furan rings is 1. The Labute approximate surface area is 174 Å². The van der Waals surface area contributed by atoms with Crippen LogP contribution in [0.3, 0.4) is 0 Å². The van der Waals surface area contributed by atoms with Crippen LogP contribution in [-0.2, 0) is 19.5 Å². The summed E-state index contributed by atoms with van der Waals surface area (Å²) in [7, 11) is 2.16. The summed E-state index contributed by atoms with van der Waals surface area (Å²) in [6.07, 6.45) is 2.21. The first-order valence-corrected chi connectivity index (χ1v) is 10.5. The van der Waals surface area contributed by atoms with Gasteiger partial charge in [-0.15, -0.1) is 0 Å². The van der Waals surface area contributed by atoms with Crippen LogP contribution < -0.4 is 0 Å². The molecule has 5 heteroatoms. The van der Waals surface area contributed by atoms with E-state index in [1.54, 1.807) is 12.1 Å². The number of Topliss-reactive ketones (excluding diaryl/α,β-unsaturated/α-hetero) is 1. The molecule has 0 N–H and O–H groups in total. The number of carbonyl (C=O) groups excluding carboxylic acids is 1. The predicted molar refractivity (Wildman–Crippen MR) is 116 cm³/mol. The van der Waals surface area contributed by atoms with Crippen LogP contribution in [0.15, 0.2) is 46.9 Å². The fraction of sp³-hybridized carbons (Fsp3) is 0.320. The highest BCUT2D eigenvalue weighted by molar-refractivity contribution is 6.08. The van der Waals surface area contributed by atoms with Crippen LogP contribution >= 0.6 is 0 Å². The monoisotopic (exact) mass is 404 g/mol. The molecule has 0 fully saturated rings. The molecular weight excluding hydrogens is 379 g/mol. The molecule has 5 rings (SSSR count). The highest BCUT2D eigenvalue weighted by Crippen LogP contribution is 2.37. The number of fused-ring (bicyclic) bond motifs is 5. The lowest BCUT2D eigenvalue weighted by Gasteiger charge is -2.24. The molecule has 4 aromatic rings. The zero-order valence-electron chi connectivity index (χ0n) is 17.4. The number of aromatic nitrogens is 1. The summed E-state index contributed by atoms with van der Waals surface area (Å²) in [4.78, 5) is 14.9. The van der Waals surface area contributed by atoms with Crippen molar-refractivity contribution in [3.05, 3.63) is 70.9 Å². The largest absolute Gasteiger partial charge is 0.461 e. The third-order valence-corrected chi connectivity index (χ3v) is 6.18. The van der Waals surface area contributed by atoms with Crippen LogP contribution in [0.2, 0.25) is 0 Å². The minimum Gasteiger partial charge on any atom is -0.461 e. The Morgan fingerprint density at radius 1 is 1.17 bits per heavy atom. The highest BCUT2D eigenvalue weighted by Gasteiger charge is 2.24. The molecule has 2 aromatic heterocycles. The van der Waals surface area contributed by atoms with E-state index in [2.05, 4.69) is 34.7 Å². The lowest BCUT2D eigenvalue weighted by molar-refractivity contribution is 0.0978. The van der Waals surface area contributed by atoms with Crippen molar-refractivity contribution in [1.82, 2.24) is 9.47 Å². The van der Waals surface area contributed by atoms with E-state index in [0.29, 0.717) is 12.0 Å². The molecular formula is C25H25FN2O2. The van der Waals surface area contributed by atoms with E-state index >= 15 is 0 Å². The molecule has 1 aliphatic rings. The van der Waals surface area contributed by atoms with Gasteiger partial charge in [0.05, 0.1) is 0 Å². The summed E-state index contributed by atoms with van der Waals surface area (Å²) in [5.41, 5.74) is 5.49. The van der Waals surface area contributed by atoms with E-state index in [-0.39, 0.29) is 11.6 Å². The molecule has 0 amide bonds. The molecule has 1 aliphatic heterocycles. The average molecular weight is 404 g/mol. The van der Waals surface area contributed by atoms with Crippen LogP contribution in [0.5, 0.6) is 0 Å². The second-order valence-electron chi connectivity index (χ2n) is 8.33. The van der Waals surface area contributed by atoms with Gasteiger partial charge in [0.25, 0.3) is 0 Å². The minimum absolute atomic E-state index is 0.0629. The van der Waals surface area contributed by atoms with Gasteiger partial charge in [-0.1, -0.05) is 0 Å². The van der Waals surface area contributed by atoms with E-state index < -0.39 is 0 Å². The quantitative estimate of drug-likeness (QED) is 0.413. The summed E-state index contributed by atoms with van der Waals surface area (Å²) in [6.45, 7) is 4.75. The Kier molecular flexibility index (Phi) is 4.70. The molecule has 0 bridgehead atoms. The fourth-order valence-corrected chi connectivity index (χ4v) is 4.76. The topological polar surface area (TPSA) is 38.4 Å². The van der Waals surface area contributed by atoms with Gasteiger partial charge in [-0.3, -0.25) is 4.79 Å². The lowest BCUT2D eigenvalue weighted by atomic mass is 10.0. The summed E-state index contributed by atoms with van der Waals surface area (Å²) in [5, 5.41) is 2.47. The van der Waals surface area contributed by atoms with E-state index in [9.17, 15) is 9.18 Å². The molecule has 0 saturated heterocycles. The van der Waals surface area contributed by atoms with E-state index in [1.165, 1.54) is 39.7 Å². The van der Waals surface area contributed by atoms with Crippen LogP contribution in [0, 0.1) is 12.7 Å². The maximum absolute atomic E-state index is 13.1. The summed E-state index contributed by atoms with van der Waals surface area (Å²) >= 11 is 0. The molecule has 4 nitrogen and oxygen atoms in total. The number of ketones is 1. The van der Waals surface area contributed by atoms with Gasteiger partial charge in [-0.05, 0) is 68.4 Å². The number of nitrogens with zero attached hydrogens (tertiary/aromatic N) is 2. The molecule has 0 saturated carbocycles. The summed E-state index contributed by atoms with van der Waals surface area (Å²) in [6, 6.07) is 12.2. The first-order valence-electron chi connectivity index (χ1n) is 10.5. The van der Waals surface area contributed by atoms with Gasteiger partial charge in [0.2, 0.25) is 0 Å². The zero-order chi connectivity index (χ0) is 20.8. The molecule has 0 aliphatic carbocycles. The van der Waals surface area contributed by atoms with E-state index in [4.69, 9.17) is 4.42 Å². The van der Waals surface area contributed by atoms with Crippen molar-refractivity contribution in [3.8, 4) is 0 Å². The number of halogens is 1. The Balaban J connectivity index is 1.47. The van der Waals surface area contributed by atoms with Gasteiger partial charge < -0.3 is 13.9 Å². The first kappa shape index (κ1) is 19.1. The van der Waals surface area contributed by atoms with Crippen molar-refractivity contribution in [3.63, 3.8) is 0 Å². The van der Waals surface area contributed by atoms with Gasteiger partial charge in [0.15, 0.2) is 5.78 Å². The summed E-state index contributed by atoms with van der Waals surface area (Å²) < 4.78 is 21.4. The second-order valence-corrected chi connectivity index (χ2v) is 8.33. The van der Waals surface area contributed by atoms with Gasteiger partial charge in [0.1, 0.15) is 17.2 Å². The Bertz CT molecular complexity index is 1250. The number of likely N-dealkylation sites (N-methyl/N-ethyl adjacent to an activating group) is 1. The SMILES string of the molecule is Cc1cc2c(ccc3c2c2c(n3CCCC(=O)c3ccc(F)cc3)CCN(C)C2)o1. The van der Waals surface area contributed by atoms with Crippen LogP contribution in [0.25, 0.3) is 21.9 Å². The third-order valence-electron chi connectivity index (χ3n) is 6.18. The van der Waals surface area contributed by atoms with Crippen LogP contribution in [0.1, 0.15) is 40.2 Å². The molecule has 0 radical (unpaired) electrons. The third kappa shape index (κ3) is 3.23. The zero-order valence-corrected chi connectivity index (χ0v) is 17.4. The van der Waals surface area contributed by atoms with Crippen LogP contribution in [-0.4, -0.2) is 28.8 Å². The molecule has 0 spiro atoms. The molecule has 30 heavy (non-hydrogen) atoms. The maximum Gasteiger partial charge on any atom is 0.162 e. The van der Waals surface area contributed by atoms with Crippen molar-refractivity contribution >= 4 is 27.7 Å². The smallest absolute Gasteiger partial charge is 0.162 e. The molecule has 2 aromatic carbocycles. The molecule has 0 atom stereocenters. The Morgan fingerprint density at radius 2 is 1.97 bits per heavy atom. The number of hydrogen-bond acceptors (Lipinski definition) is 3. The van der Waals surface area contributed by atoms with Gasteiger partial charge >= 0.3 is 0 Å². The van der Waals surface area contributed by atoms with E-state index in [1.807, 2.05) is 6.92 Å². The fourth-order valence-electron chi connectivity index (χ4n) is 4.76. The number of aryl methyl sites for hydroxylation is 2. The lowest BCUT2D eigenvalue weighted by Crippen LogP contribution is -2.27. The Hall–Kier alpha value is -2.92. The summed E-state index contributed by atoms with van der Waals surface area (Å²) in [5.74, 6) is 0.670. The number of hydrogen-bond donors (Lipinski definition) is 0. The second kappa shape index (κ2) is 7.40. The number of carbonyl (C=O) groups is 1. The average Bonchev–Trinajstić information content (AvgIpc) is 3.25. The highest BCUT2D eigenvalue weighted by atomic mass is 19.1. The predicted octanol–water partition coefficient (Wildman–Crippen LogP) is 5.49. The normalized spacial score (nSPS) is 14.5. The maximum atomic E-state index is 13.1. The number of benzene rings is 2. The van der Waals surface area contributed by atoms with Crippen molar-refractivity contribution in [2.75, 3.05) is 13.6 Å². The minimum atomic E-state index is -0.317. The van der Waals surface area contributed by atoms with Crippen LogP contribution in [0.4, 0.5) is 4.39 Å². The number of rotatable bonds is 5. The van der Waals surface area contributed by atoms with Gasteiger partial charge in [-0.25, -0.2) is 4.39 Å². The van der Waals surface area contributed by atoms with Crippen molar-refractivity contribution < 1.29 is 13.6 Å². The van der Waals surface area contributed by atoms with Crippen molar-refractivity contribution in [2.45, 2.75) is 39.3 Å². The van der Waals surface area contributed by atoms with E-state index in [0.717, 1.165) is 43.8 Å². The molecule has 0 unspecified atom stereocenters. The van der Waals surface area contributed by atoms with Crippen molar-refractivity contribution in [1.29, 1.82) is 0 Å². The Morgan fingerprint density at radius 3 is 2.77 bits per heavy atom. The standard InChI is InChI=1S/C25H25FN2O2/c1-16-14-19-24(30-16)10-9-22-25(19)20-15-27(2)13-11-21(20)28(22)12-3-4-23(29)17-5-7-18(26)8-6-17/h5-10,14H,3-4,11-13,15H2,1-2H3.